The van der Waals surface area contributed by atoms with Gasteiger partial charge < -0.3 is 39.4 Å². The Hall–Kier alpha value is -2.50. The van der Waals surface area contributed by atoms with Crippen molar-refractivity contribution in [2.75, 3.05) is 6.61 Å². The molecule has 1 aromatic carbocycles. The van der Waals surface area contributed by atoms with Gasteiger partial charge in [0.1, 0.15) is 36.0 Å². The molecule has 0 aliphatic carbocycles. The molecule has 1 aliphatic rings. The van der Waals surface area contributed by atoms with Crippen molar-refractivity contribution in [3.8, 4) is 11.5 Å². The topological polar surface area (TPSA) is 167 Å². The molecule has 2 heterocycles. The fourth-order valence-corrected chi connectivity index (χ4v) is 3.26. The van der Waals surface area contributed by atoms with Crippen LogP contribution in [0, 0.1) is 6.92 Å². The first kappa shape index (κ1) is 21.2. The average molecular weight is 410 g/mol. The largest absolute Gasteiger partial charge is 0.504 e. The fraction of sp³-hybridized carbons (Fsp3) is 0.474. The molecule has 1 aromatic heterocycles. The number of ether oxygens (including phenoxy) is 2. The van der Waals surface area contributed by atoms with Gasteiger partial charge in [-0.3, -0.25) is 9.59 Å². The summed E-state index contributed by atoms with van der Waals surface area (Å²) in [5.41, 5.74) is -0.233. The summed E-state index contributed by atoms with van der Waals surface area (Å²) < 4.78 is 16.4. The van der Waals surface area contributed by atoms with Gasteiger partial charge in [-0.1, -0.05) is 0 Å². The van der Waals surface area contributed by atoms with Crippen molar-refractivity contribution < 1.29 is 44.2 Å². The Bertz CT molecular complexity index is 979. The normalized spacial score (nSPS) is 27.2. The zero-order valence-electron chi connectivity index (χ0n) is 15.7. The SMILES string of the molecule is CC(=O)Cc1cc(=O)c2c(C)cc(O)c(OC3OC(CO)C(O)C(O)C3O)c2o1. The van der Waals surface area contributed by atoms with E-state index in [-0.39, 0.29) is 34.7 Å². The molecule has 0 amide bonds. The zero-order chi connectivity index (χ0) is 21.5. The number of phenols is 1. The average Bonchev–Trinajstić information content (AvgIpc) is 2.63. The molecule has 2 aromatic rings. The minimum atomic E-state index is -1.73. The van der Waals surface area contributed by atoms with Gasteiger partial charge in [0.25, 0.3) is 0 Å². The molecule has 10 heteroatoms. The monoisotopic (exact) mass is 410 g/mol. The van der Waals surface area contributed by atoms with Crippen LogP contribution in [0.4, 0.5) is 0 Å². The highest BCUT2D eigenvalue weighted by Gasteiger charge is 2.45. The number of phenolic OH excluding ortho intramolecular Hbond substituents is 1. The van der Waals surface area contributed by atoms with E-state index in [2.05, 4.69) is 0 Å². The summed E-state index contributed by atoms with van der Waals surface area (Å²) in [5.74, 6) is -0.980. The molecule has 1 saturated heterocycles. The lowest BCUT2D eigenvalue weighted by molar-refractivity contribution is -0.277. The lowest BCUT2D eigenvalue weighted by Crippen LogP contribution is -2.60. The number of benzene rings is 1. The Morgan fingerprint density at radius 1 is 1.17 bits per heavy atom. The number of hydrogen-bond donors (Lipinski definition) is 5. The molecule has 3 rings (SSSR count). The van der Waals surface area contributed by atoms with Gasteiger partial charge in [0, 0.05) is 6.07 Å². The number of fused-ring (bicyclic) bond motifs is 1. The van der Waals surface area contributed by atoms with Gasteiger partial charge in [0.15, 0.2) is 16.8 Å². The van der Waals surface area contributed by atoms with E-state index < -0.39 is 48.5 Å². The Kier molecular flexibility index (Phi) is 5.92. The Labute approximate surface area is 164 Å². The molecule has 1 aliphatic heterocycles. The van der Waals surface area contributed by atoms with Crippen LogP contribution >= 0.6 is 0 Å². The maximum atomic E-state index is 12.5. The highest BCUT2D eigenvalue weighted by molar-refractivity contribution is 5.88. The van der Waals surface area contributed by atoms with Crippen LogP contribution in [0.5, 0.6) is 11.5 Å². The van der Waals surface area contributed by atoms with E-state index in [1.54, 1.807) is 6.92 Å². The number of aromatic hydroxyl groups is 1. The second-order valence-corrected chi connectivity index (χ2v) is 7.02. The quantitative estimate of drug-likeness (QED) is 0.417. The standard InChI is InChI=1S/C19H22O10/c1-7-3-11(23)17(18-13(7)10(22)5-9(27-18)4-8(2)21)29-19-16(26)15(25)14(24)12(6-20)28-19/h3,5,12,14-16,19-20,23-26H,4,6H2,1-2H3. The van der Waals surface area contributed by atoms with Gasteiger partial charge >= 0.3 is 0 Å². The molecule has 5 atom stereocenters. The number of Topliss-reactive ketones (excluding diaryl/α,β-unsaturated/α-hetero) is 1. The van der Waals surface area contributed by atoms with E-state index in [1.807, 2.05) is 0 Å². The first-order chi connectivity index (χ1) is 13.6. The predicted molar refractivity (Wildman–Crippen MR) is 97.7 cm³/mol. The molecule has 0 bridgehead atoms. The van der Waals surface area contributed by atoms with Crippen LogP contribution in [0.3, 0.4) is 0 Å². The van der Waals surface area contributed by atoms with E-state index in [1.165, 1.54) is 19.1 Å². The molecule has 158 valence electrons. The molecule has 0 spiro atoms. The van der Waals surface area contributed by atoms with Gasteiger partial charge in [-0.15, -0.1) is 0 Å². The van der Waals surface area contributed by atoms with Crippen LogP contribution in [0.1, 0.15) is 18.2 Å². The van der Waals surface area contributed by atoms with Gasteiger partial charge in [0.05, 0.1) is 18.4 Å². The summed E-state index contributed by atoms with van der Waals surface area (Å²) in [6.07, 6.45) is -7.97. The van der Waals surface area contributed by atoms with E-state index in [0.717, 1.165) is 0 Å². The maximum Gasteiger partial charge on any atom is 0.229 e. The first-order valence-corrected chi connectivity index (χ1v) is 8.90. The van der Waals surface area contributed by atoms with Crippen LogP contribution in [-0.4, -0.2) is 68.6 Å². The number of ketones is 1. The Balaban J connectivity index is 2.10. The van der Waals surface area contributed by atoms with Crippen molar-refractivity contribution in [3.63, 3.8) is 0 Å². The third kappa shape index (κ3) is 3.98. The van der Waals surface area contributed by atoms with Gasteiger partial charge in [-0.2, -0.15) is 0 Å². The number of aliphatic hydroxyl groups excluding tert-OH is 4. The summed E-state index contributed by atoms with van der Waals surface area (Å²) in [6, 6.07) is 2.43. The van der Waals surface area contributed by atoms with E-state index >= 15 is 0 Å². The highest BCUT2D eigenvalue weighted by atomic mass is 16.7. The molecule has 29 heavy (non-hydrogen) atoms. The number of carbonyl (C=O) groups excluding carboxylic acids is 1. The molecular formula is C19H22O10. The van der Waals surface area contributed by atoms with Crippen LogP contribution in [0.25, 0.3) is 11.0 Å². The lowest BCUT2D eigenvalue weighted by atomic mass is 9.99. The number of hydrogen-bond acceptors (Lipinski definition) is 10. The molecule has 10 nitrogen and oxygen atoms in total. The minimum absolute atomic E-state index is 0.0543. The van der Waals surface area contributed by atoms with Gasteiger partial charge in [0.2, 0.25) is 12.0 Å². The van der Waals surface area contributed by atoms with Crippen molar-refractivity contribution in [2.45, 2.75) is 51.0 Å². The Morgan fingerprint density at radius 2 is 1.86 bits per heavy atom. The molecule has 1 fully saturated rings. The molecule has 5 N–H and O–H groups in total. The third-order valence-corrected chi connectivity index (χ3v) is 4.69. The lowest BCUT2D eigenvalue weighted by Gasteiger charge is -2.39. The van der Waals surface area contributed by atoms with E-state index in [0.29, 0.717) is 5.56 Å². The third-order valence-electron chi connectivity index (χ3n) is 4.69. The van der Waals surface area contributed by atoms with E-state index in [4.69, 9.17) is 13.9 Å². The van der Waals surface area contributed by atoms with E-state index in [9.17, 15) is 35.1 Å². The minimum Gasteiger partial charge on any atom is -0.504 e. The second kappa shape index (κ2) is 8.09. The summed E-state index contributed by atoms with van der Waals surface area (Å²) in [4.78, 5) is 23.9. The molecule has 0 radical (unpaired) electrons. The Morgan fingerprint density at radius 3 is 2.48 bits per heavy atom. The van der Waals surface area contributed by atoms with Crippen LogP contribution < -0.4 is 10.2 Å². The number of aliphatic hydroxyl groups is 4. The number of rotatable bonds is 5. The zero-order valence-corrected chi connectivity index (χ0v) is 15.7. The smallest absolute Gasteiger partial charge is 0.229 e. The van der Waals surface area contributed by atoms with Crippen molar-refractivity contribution in [3.05, 3.63) is 33.7 Å². The molecule has 5 unspecified atom stereocenters. The summed E-state index contributed by atoms with van der Waals surface area (Å²) in [7, 11) is 0. The molecule has 0 saturated carbocycles. The van der Waals surface area contributed by atoms with Crippen molar-refractivity contribution >= 4 is 16.8 Å². The van der Waals surface area contributed by atoms with Crippen molar-refractivity contribution in [1.29, 1.82) is 0 Å². The summed E-state index contributed by atoms with van der Waals surface area (Å²) in [6.45, 7) is 2.23. The van der Waals surface area contributed by atoms with Crippen LogP contribution in [0.15, 0.2) is 21.3 Å². The van der Waals surface area contributed by atoms with Crippen LogP contribution in [0.2, 0.25) is 0 Å². The second-order valence-electron chi connectivity index (χ2n) is 7.02. The van der Waals surface area contributed by atoms with Crippen LogP contribution in [-0.2, 0) is 16.0 Å². The first-order valence-electron chi connectivity index (χ1n) is 8.90. The number of aryl methyl sites for hydroxylation is 1. The van der Waals surface area contributed by atoms with Crippen molar-refractivity contribution in [1.82, 2.24) is 0 Å². The van der Waals surface area contributed by atoms with Gasteiger partial charge in [-0.25, -0.2) is 0 Å². The predicted octanol–water partition coefficient (Wildman–Crippen LogP) is -0.883. The van der Waals surface area contributed by atoms with Crippen molar-refractivity contribution in [2.24, 2.45) is 0 Å². The highest BCUT2D eigenvalue weighted by Crippen LogP contribution is 2.38. The molecular weight excluding hydrogens is 388 g/mol. The summed E-state index contributed by atoms with van der Waals surface area (Å²) >= 11 is 0. The summed E-state index contributed by atoms with van der Waals surface area (Å²) in [5, 5.41) is 49.7. The maximum absolute atomic E-state index is 12.5. The fourth-order valence-electron chi connectivity index (χ4n) is 3.26. The van der Waals surface area contributed by atoms with Gasteiger partial charge in [-0.05, 0) is 25.5 Å². The number of carbonyl (C=O) groups is 1.